The standard InChI is InChI=1S/C36H43FN5O3/c1-9-36(44)22(4)45-20-28-29(36)15-32-33-24(17-41(32)35(28)43)14-26-27(18-40(5)6)34(30(37)16-31(26)39-33)42(7,8)19-23-10-12-25(13-11-23)38-21(2)3/h10-16,21,38,44H,4,9,17-20H2,1-3,5-8H3/q+1/t36-/m1/s1. The van der Waals surface area contributed by atoms with Crippen molar-refractivity contribution in [2.75, 3.05) is 33.5 Å². The quantitative estimate of drug-likeness (QED) is 0.214. The minimum atomic E-state index is -1.46. The van der Waals surface area contributed by atoms with Gasteiger partial charge in [-0.2, -0.15) is 0 Å². The summed E-state index contributed by atoms with van der Waals surface area (Å²) in [5.74, 6) is -0.0806. The highest BCUT2D eigenvalue weighted by atomic mass is 19.1. The first-order valence-electron chi connectivity index (χ1n) is 15.5. The van der Waals surface area contributed by atoms with Crippen molar-refractivity contribution in [2.45, 2.75) is 65.1 Å². The van der Waals surface area contributed by atoms with Crippen LogP contribution in [0.5, 0.6) is 0 Å². The third kappa shape index (κ3) is 5.22. The van der Waals surface area contributed by atoms with Crippen LogP contribution in [-0.2, 0) is 36.6 Å². The molecule has 2 aromatic heterocycles. The molecular weight excluding hydrogens is 569 g/mol. The van der Waals surface area contributed by atoms with Gasteiger partial charge in [0.05, 0.1) is 43.1 Å². The summed E-state index contributed by atoms with van der Waals surface area (Å²) in [5.41, 5.74) is 5.59. The second kappa shape index (κ2) is 11.1. The van der Waals surface area contributed by atoms with E-state index in [1.54, 1.807) is 4.57 Å². The number of anilines is 1. The molecule has 236 valence electrons. The van der Waals surface area contributed by atoms with Gasteiger partial charge in [-0.05, 0) is 58.6 Å². The normalized spacial score (nSPS) is 17.4. The molecule has 0 amide bonds. The maximum Gasteiger partial charge on any atom is 0.258 e. The Hall–Kier alpha value is -4.05. The summed E-state index contributed by atoms with van der Waals surface area (Å²) in [6.45, 7) is 11.5. The van der Waals surface area contributed by atoms with E-state index >= 15 is 4.39 Å². The van der Waals surface area contributed by atoms with Crippen molar-refractivity contribution in [1.82, 2.24) is 18.9 Å². The number of rotatable bonds is 8. The van der Waals surface area contributed by atoms with Crippen LogP contribution in [0, 0.1) is 5.82 Å². The summed E-state index contributed by atoms with van der Waals surface area (Å²) in [7, 11) is 8.03. The predicted octanol–water partition coefficient (Wildman–Crippen LogP) is 5.85. The lowest BCUT2D eigenvalue weighted by Crippen LogP contribution is -2.41. The van der Waals surface area contributed by atoms with Gasteiger partial charge in [0.2, 0.25) is 0 Å². The molecule has 0 unspecified atom stereocenters. The number of benzene rings is 2. The zero-order chi connectivity index (χ0) is 32.4. The Bertz CT molecular complexity index is 1890. The summed E-state index contributed by atoms with van der Waals surface area (Å²) < 4.78 is 24.0. The lowest BCUT2D eigenvalue weighted by atomic mass is 9.84. The molecule has 2 N–H and O–H groups in total. The number of nitrogens with zero attached hydrogens (tertiary/aromatic N) is 4. The molecule has 4 aromatic rings. The highest BCUT2D eigenvalue weighted by Gasteiger charge is 2.41. The largest absolute Gasteiger partial charge is 0.490 e. The van der Waals surface area contributed by atoms with Gasteiger partial charge in [-0.3, -0.25) is 9.28 Å². The molecule has 2 aliphatic heterocycles. The van der Waals surface area contributed by atoms with Crippen molar-refractivity contribution < 1.29 is 14.2 Å². The fraction of sp³-hybridized carbons (Fsp3) is 0.389. The summed E-state index contributed by atoms with van der Waals surface area (Å²) in [4.78, 5) is 20.7. The zero-order valence-electron chi connectivity index (χ0n) is 27.3. The molecule has 1 atom stereocenters. The molecule has 0 bridgehead atoms. The molecule has 0 saturated heterocycles. The lowest BCUT2D eigenvalue weighted by molar-refractivity contribution is -0.0172. The van der Waals surface area contributed by atoms with Crippen molar-refractivity contribution in [2.24, 2.45) is 0 Å². The maximum absolute atomic E-state index is 16.4. The molecule has 0 fully saturated rings. The van der Waals surface area contributed by atoms with E-state index in [4.69, 9.17) is 9.72 Å². The fourth-order valence-corrected chi connectivity index (χ4v) is 6.97. The Morgan fingerprint density at radius 3 is 2.56 bits per heavy atom. The van der Waals surface area contributed by atoms with E-state index in [-0.39, 0.29) is 23.7 Å². The average molecular weight is 613 g/mol. The van der Waals surface area contributed by atoms with Gasteiger partial charge in [0.1, 0.15) is 24.5 Å². The summed E-state index contributed by atoms with van der Waals surface area (Å²) in [5, 5.41) is 15.7. The first kappa shape index (κ1) is 31.0. The van der Waals surface area contributed by atoms with Gasteiger partial charge in [-0.25, -0.2) is 9.37 Å². The van der Waals surface area contributed by atoms with Gasteiger partial charge in [0, 0.05) is 52.0 Å². The van der Waals surface area contributed by atoms with Crippen LogP contribution >= 0.6 is 0 Å². The number of hydrogen-bond acceptors (Lipinski definition) is 6. The van der Waals surface area contributed by atoms with E-state index in [1.165, 1.54) is 6.07 Å². The monoisotopic (exact) mass is 612 g/mol. The van der Waals surface area contributed by atoms with Gasteiger partial charge in [-0.15, -0.1) is 0 Å². The SMILES string of the molecule is C=C1OCc2c(cc3n(c2=O)Cc2cc4c(CN(C)C)c([N+](C)(C)Cc5ccc(NC(C)C)cc5)c(F)cc4nc2-3)[C@@]1(O)CC. The first-order chi connectivity index (χ1) is 21.2. The molecule has 4 heterocycles. The van der Waals surface area contributed by atoms with Crippen LogP contribution in [0.1, 0.15) is 55.0 Å². The Balaban J connectivity index is 1.47. The molecule has 9 heteroatoms. The molecule has 45 heavy (non-hydrogen) atoms. The van der Waals surface area contributed by atoms with Gasteiger partial charge in [-0.1, -0.05) is 25.6 Å². The van der Waals surface area contributed by atoms with Crippen molar-refractivity contribution in [3.05, 3.63) is 98.8 Å². The molecular formula is C36H43FN5O3+. The lowest BCUT2D eigenvalue weighted by Gasteiger charge is -2.35. The molecule has 2 aromatic carbocycles. The number of aliphatic hydroxyl groups is 1. The Morgan fingerprint density at radius 1 is 1.20 bits per heavy atom. The van der Waals surface area contributed by atoms with Gasteiger partial charge in [0.15, 0.2) is 11.5 Å². The number of pyridine rings is 2. The second-order valence-electron chi connectivity index (χ2n) is 13.6. The van der Waals surface area contributed by atoms with E-state index in [9.17, 15) is 9.90 Å². The van der Waals surface area contributed by atoms with Crippen LogP contribution in [0.25, 0.3) is 22.3 Å². The smallest absolute Gasteiger partial charge is 0.258 e. The molecule has 2 aliphatic rings. The third-order valence-electron chi connectivity index (χ3n) is 9.08. The molecule has 0 aliphatic carbocycles. The minimum absolute atomic E-state index is 0.0624. The van der Waals surface area contributed by atoms with E-state index in [0.29, 0.717) is 70.3 Å². The van der Waals surface area contributed by atoms with E-state index in [2.05, 4.69) is 56.1 Å². The first-order valence-corrected chi connectivity index (χ1v) is 15.5. The summed E-state index contributed by atoms with van der Waals surface area (Å²) in [6, 6.07) is 14.1. The number of halogens is 1. The number of fused-ring (bicyclic) bond motifs is 5. The number of aromatic nitrogens is 2. The highest BCUT2D eigenvalue weighted by molar-refractivity contribution is 5.91. The van der Waals surface area contributed by atoms with Crippen molar-refractivity contribution >= 4 is 22.3 Å². The third-order valence-corrected chi connectivity index (χ3v) is 9.08. The number of hydrogen-bond donors (Lipinski definition) is 2. The number of quaternary nitrogens is 1. The van der Waals surface area contributed by atoms with Crippen LogP contribution in [0.2, 0.25) is 0 Å². The van der Waals surface area contributed by atoms with Crippen LogP contribution in [0.4, 0.5) is 15.8 Å². The van der Waals surface area contributed by atoms with Crippen molar-refractivity contribution in [3.63, 3.8) is 0 Å². The Kier molecular flexibility index (Phi) is 7.62. The predicted molar refractivity (Wildman–Crippen MR) is 179 cm³/mol. The Morgan fingerprint density at radius 2 is 1.91 bits per heavy atom. The van der Waals surface area contributed by atoms with E-state index < -0.39 is 5.60 Å². The zero-order valence-corrected chi connectivity index (χ0v) is 27.3. The van der Waals surface area contributed by atoms with E-state index in [1.807, 2.05) is 46.1 Å². The van der Waals surface area contributed by atoms with Crippen molar-refractivity contribution in [3.8, 4) is 11.4 Å². The molecule has 0 radical (unpaired) electrons. The summed E-state index contributed by atoms with van der Waals surface area (Å²) >= 11 is 0. The molecule has 6 rings (SSSR count). The van der Waals surface area contributed by atoms with Crippen LogP contribution in [0.15, 0.2) is 59.6 Å². The highest BCUT2D eigenvalue weighted by Crippen LogP contribution is 2.43. The summed E-state index contributed by atoms with van der Waals surface area (Å²) in [6.07, 6.45) is 0.314. The Labute approximate surface area is 264 Å². The van der Waals surface area contributed by atoms with E-state index in [0.717, 1.165) is 27.8 Å². The second-order valence-corrected chi connectivity index (χ2v) is 13.6. The fourth-order valence-electron chi connectivity index (χ4n) is 6.97. The average Bonchev–Trinajstić information content (AvgIpc) is 3.32. The molecule has 0 saturated carbocycles. The van der Waals surface area contributed by atoms with Crippen molar-refractivity contribution in [1.29, 1.82) is 0 Å². The number of ether oxygens (including phenoxy) is 1. The van der Waals surface area contributed by atoms with Gasteiger partial charge >= 0.3 is 0 Å². The minimum Gasteiger partial charge on any atom is -0.490 e. The maximum atomic E-state index is 16.4. The van der Waals surface area contributed by atoms with Crippen LogP contribution in [-0.4, -0.2) is 53.8 Å². The van der Waals surface area contributed by atoms with Gasteiger partial charge in [0.25, 0.3) is 5.56 Å². The molecule has 0 spiro atoms. The number of nitrogens with one attached hydrogen (secondary N) is 1. The molecule has 8 nitrogen and oxygen atoms in total. The van der Waals surface area contributed by atoms with Gasteiger partial charge < -0.3 is 24.6 Å². The van der Waals surface area contributed by atoms with Crippen LogP contribution in [0.3, 0.4) is 0 Å². The topological polar surface area (TPSA) is 79.6 Å². The van der Waals surface area contributed by atoms with Crippen LogP contribution < -0.4 is 15.4 Å².